The minimum Gasteiger partial charge on any atom is -0.350 e. The van der Waals surface area contributed by atoms with E-state index in [0.29, 0.717) is 26.9 Å². The summed E-state index contributed by atoms with van der Waals surface area (Å²) in [5.41, 5.74) is 1.06. The van der Waals surface area contributed by atoms with Gasteiger partial charge in [0.05, 0.1) is 11.9 Å². The number of carbonyl (C=O) groups excluding carboxylic acids is 2. The van der Waals surface area contributed by atoms with Gasteiger partial charge in [-0.15, -0.1) is 0 Å². The number of anilines is 1. The van der Waals surface area contributed by atoms with Gasteiger partial charge in [-0.25, -0.2) is 8.42 Å². The highest BCUT2D eigenvalue weighted by Crippen LogP contribution is 2.27. The third kappa shape index (κ3) is 7.61. The summed E-state index contributed by atoms with van der Waals surface area (Å²) in [5, 5.41) is 3.65. The normalized spacial score (nSPS) is 12.7. The van der Waals surface area contributed by atoms with Crippen LogP contribution in [-0.2, 0) is 26.2 Å². The predicted octanol–water partition coefficient (Wildman–Crippen LogP) is 4.40. The molecule has 7 nitrogen and oxygen atoms in total. The zero-order chi connectivity index (χ0) is 25.8. The van der Waals surface area contributed by atoms with Crippen LogP contribution in [0, 0.1) is 6.92 Å². The van der Waals surface area contributed by atoms with Gasteiger partial charge in [-0.2, -0.15) is 0 Å². The number of nitrogens with one attached hydrogen (secondary N) is 1. The number of hydrogen-bond acceptors (Lipinski definition) is 4. The average Bonchev–Trinajstić information content (AvgIpc) is 2.70. The molecular weight excluding hydrogens is 497 g/mol. The van der Waals surface area contributed by atoms with E-state index in [2.05, 4.69) is 5.32 Å². The number of rotatable bonds is 8. The largest absolute Gasteiger partial charge is 0.350 e. The second-order valence-corrected chi connectivity index (χ2v) is 12.0. The van der Waals surface area contributed by atoms with Gasteiger partial charge in [-0.1, -0.05) is 47.5 Å². The van der Waals surface area contributed by atoms with Gasteiger partial charge < -0.3 is 10.2 Å². The summed E-state index contributed by atoms with van der Waals surface area (Å²) in [6.07, 6.45) is 1.02. The van der Waals surface area contributed by atoms with Crippen LogP contribution in [0.5, 0.6) is 0 Å². The van der Waals surface area contributed by atoms with E-state index >= 15 is 0 Å². The summed E-state index contributed by atoms with van der Waals surface area (Å²) in [6, 6.07) is 10.9. The van der Waals surface area contributed by atoms with Crippen LogP contribution in [0.25, 0.3) is 0 Å². The molecule has 2 rings (SSSR count). The molecule has 1 atom stereocenters. The number of nitrogens with zero attached hydrogens (tertiary/aromatic N) is 2. The Morgan fingerprint density at radius 1 is 1.09 bits per heavy atom. The summed E-state index contributed by atoms with van der Waals surface area (Å²) in [4.78, 5) is 27.8. The summed E-state index contributed by atoms with van der Waals surface area (Å²) >= 11 is 12.4. The zero-order valence-corrected chi connectivity index (χ0v) is 22.6. The number of benzene rings is 2. The van der Waals surface area contributed by atoms with Gasteiger partial charge in [-0.3, -0.25) is 13.9 Å². The van der Waals surface area contributed by atoms with Crippen molar-refractivity contribution in [2.75, 3.05) is 17.1 Å². The standard InChI is InChI=1S/C24H31Cl2N3O4S/c1-16-11-12-19(25)13-21(16)29(34(6,32)33)15-22(30)28(14-18-9-7-8-10-20(18)26)17(2)23(31)27-24(3,4)5/h7-13,17H,14-15H2,1-6H3,(H,27,31). The van der Waals surface area contributed by atoms with Gasteiger partial charge in [0.2, 0.25) is 21.8 Å². The smallest absolute Gasteiger partial charge is 0.244 e. The molecule has 0 spiro atoms. The molecule has 0 fully saturated rings. The number of halogens is 2. The van der Waals surface area contributed by atoms with Crippen molar-refractivity contribution in [3.63, 3.8) is 0 Å². The monoisotopic (exact) mass is 527 g/mol. The van der Waals surface area contributed by atoms with E-state index in [0.717, 1.165) is 10.6 Å². The molecule has 0 aromatic heterocycles. The Bertz CT molecular complexity index is 1160. The number of sulfonamides is 1. The summed E-state index contributed by atoms with van der Waals surface area (Å²) in [7, 11) is -3.84. The fourth-order valence-electron chi connectivity index (χ4n) is 3.31. The number of aryl methyl sites for hydroxylation is 1. The first kappa shape index (κ1) is 28.0. The van der Waals surface area contributed by atoms with Crippen LogP contribution in [0.1, 0.15) is 38.8 Å². The lowest BCUT2D eigenvalue weighted by Gasteiger charge is -2.33. The van der Waals surface area contributed by atoms with Gasteiger partial charge in [-0.05, 0) is 63.9 Å². The molecule has 1 N–H and O–H groups in total. The van der Waals surface area contributed by atoms with E-state index in [1.807, 2.05) is 20.8 Å². The zero-order valence-electron chi connectivity index (χ0n) is 20.2. The molecule has 34 heavy (non-hydrogen) atoms. The van der Waals surface area contributed by atoms with Gasteiger partial charge in [0.1, 0.15) is 12.6 Å². The van der Waals surface area contributed by atoms with Crippen molar-refractivity contribution in [1.82, 2.24) is 10.2 Å². The van der Waals surface area contributed by atoms with Crippen molar-refractivity contribution in [3.8, 4) is 0 Å². The lowest BCUT2D eigenvalue weighted by Crippen LogP contribution is -2.54. The van der Waals surface area contributed by atoms with Crippen molar-refractivity contribution < 1.29 is 18.0 Å². The molecule has 0 radical (unpaired) electrons. The first-order chi connectivity index (χ1) is 15.6. The van der Waals surface area contributed by atoms with Gasteiger partial charge >= 0.3 is 0 Å². The van der Waals surface area contributed by atoms with E-state index in [9.17, 15) is 18.0 Å². The Labute approximate surface area is 212 Å². The Hall–Kier alpha value is -2.29. The minimum absolute atomic E-state index is 0.0311. The van der Waals surface area contributed by atoms with E-state index < -0.39 is 34.1 Å². The van der Waals surface area contributed by atoms with Crippen LogP contribution in [0.3, 0.4) is 0 Å². The maximum Gasteiger partial charge on any atom is 0.244 e. The minimum atomic E-state index is -3.84. The molecule has 0 aliphatic rings. The van der Waals surface area contributed by atoms with Gasteiger partial charge in [0.25, 0.3) is 0 Å². The van der Waals surface area contributed by atoms with Crippen LogP contribution in [0.15, 0.2) is 42.5 Å². The van der Waals surface area contributed by atoms with Crippen LogP contribution >= 0.6 is 23.2 Å². The van der Waals surface area contributed by atoms with Crippen molar-refractivity contribution in [2.45, 2.75) is 52.7 Å². The van der Waals surface area contributed by atoms with Crippen LogP contribution in [-0.4, -0.2) is 49.5 Å². The maximum atomic E-state index is 13.6. The third-order valence-electron chi connectivity index (χ3n) is 5.08. The molecule has 1 unspecified atom stereocenters. The molecule has 0 aliphatic carbocycles. The second kappa shape index (κ2) is 11.0. The molecule has 2 amide bonds. The highest BCUT2D eigenvalue weighted by Gasteiger charge is 2.32. The SMILES string of the molecule is Cc1ccc(Cl)cc1N(CC(=O)N(Cc1ccccc1Cl)C(C)C(=O)NC(C)(C)C)S(C)(=O)=O. The Morgan fingerprint density at radius 3 is 2.26 bits per heavy atom. The number of amides is 2. The van der Waals surface area contributed by atoms with Crippen molar-refractivity contribution >= 4 is 50.7 Å². The lowest BCUT2D eigenvalue weighted by atomic mass is 10.1. The lowest BCUT2D eigenvalue weighted by molar-refractivity contribution is -0.140. The molecule has 2 aromatic carbocycles. The molecule has 2 aromatic rings. The summed E-state index contributed by atoms with van der Waals surface area (Å²) < 4.78 is 26.3. The highest BCUT2D eigenvalue weighted by atomic mass is 35.5. The van der Waals surface area contributed by atoms with E-state index in [-0.39, 0.29) is 12.5 Å². The summed E-state index contributed by atoms with van der Waals surface area (Å²) in [5.74, 6) is -0.918. The van der Waals surface area contributed by atoms with Crippen LogP contribution < -0.4 is 9.62 Å². The fraction of sp³-hybridized carbons (Fsp3) is 0.417. The topological polar surface area (TPSA) is 86.8 Å². The average molecular weight is 529 g/mol. The number of hydrogen-bond donors (Lipinski definition) is 1. The molecule has 10 heteroatoms. The molecule has 0 saturated carbocycles. The van der Waals surface area contributed by atoms with E-state index in [1.54, 1.807) is 50.2 Å². The van der Waals surface area contributed by atoms with Crippen molar-refractivity contribution in [2.24, 2.45) is 0 Å². The van der Waals surface area contributed by atoms with E-state index in [1.165, 1.54) is 11.0 Å². The molecule has 186 valence electrons. The van der Waals surface area contributed by atoms with Gasteiger partial charge in [0, 0.05) is 22.1 Å². The van der Waals surface area contributed by atoms with Crippen molar-refractivity contribution in [1.29, 1.82) is 0 Å². The maximum absolute atomic E-state index is 13.6. The number of carbonyl (C=O) groups is 2. The van der Waals surface area contributed by atoms with Crippen LogP contribution in [0.4, 0.5) is 5.69 Å². The Morgan fingerprint density at radius 2 is 1.71 bits per heavy atom. The quantitative estimate of drug-likeness (QED) is 0.551. The molecule has 0 saturated heterocycles. The molecule has 0 bridgehead atoms. The summed E-state index contributed by atoms with van der Waals surface area (Å²) in [6.45, 7) is 8.38. The molecule has 0 aliphatic heterocycles. The first-order valence-electron chi connectivity index (χ1n) is 10.7. The molecular formula is C24H31Cl2N3O4S. The highest BCUT2D eigenvalue weighted by molar-refractivity contribution is 7.92. The van der Waals surface area contributed by atoms with Crippen molar-refractivity contribution in [3.05, 3.63) is 63.6 Å². The van der Waals surface area contributed by atoms with Crippen LogP contribution in [0.2, 0.25) is 10.0 Å². The Kier molecular flexibility index (Phi) is 9.02. The Balaban J connectivity index is 2.47. The predicted molar refractivity (Wildman–Crippen MR) is 138 cm³/mol. The second-order valence-electron chi connectivity index (χ2n) is 9.23. The molecule has 0 heterocycles. The fourth-order valence-corrected chi connectivity index (χ4v) is 4.57. The van der Waals surface area contributed by atoms with Gasteiger partial charge in [0.15, 0.2) is 0 Å². The van der Waals surface area contributed by atoms with E-state index in [4.69, 9.17) is 23.2 Å². The first-order valence-corrected chi connectivity index (χ1v) is 13.3. The third-order valence-corrected chi connectivity index (χ3v) is 6.81.